The average Bonchev–Trinajstić information content (AvgIpc) is 3.57. The minimum Gasteiger partial charge on any atom is -0.381 e. The number of ether oxygens (including phenoxy) is 2. The molecule has 2 saturated heterocycles. The van der Waals surface area contributed by atoms with Crippen LogP contribution < -0.4 is 5.32 Å². The zero-order valence-electron chi connectivity index (χ0n) is 27.5. The van der Waals surface area contributed by atoms with Gasteiger partial charge < -0.3 is 24.6 Å². The number of rotatable bonds is 6. The van der Waals surface area contributed by atoms with Crippen molar-refractivity contribution in [2.75, 3.05) is 33.4 Å². The fourth-order valence-electron chi connectivity index (χ4n) is 8.59. The summed E-state index contributed by atoms with van der Waals surface area (Å²) in [6, 6.07) is 8.25. The number of likely N-dealkylation sites (tertiary alicyclic amines) is 1. The van der Waals surface area contributed by atoms with Gasteiger partial charge in [-0.05, 0) is 107 Å². The van der Waals surface area contributed by atoms with E-state index in [1.54, 1.807) is 0 Å². The Hall–Kier alpha value is -2.59. The normalized spacial score (nSPS) is 26.5. The molecule has 2 aromatic rings. The fourth-order valence-corrected chi connectivity index (χ4v) is 8.75. The van der Waals surface area contributed by atoms with Crippen LogP contribution in [0.1, 0.15) is 93.6 Å². The van der Waals surface area contributed by atoms with E-state index in [1.165, 1.54) is 19.1 Å². The molecule has 0 aromatic heterocycles. The molecule has 3 aliphatic heterocycles. The zero-order chi connectivity index (χ0) is 33.0. The summed E-state index contributed by atoms with van der Waals surface area (Å²) in [6.07, 6.45) is 3.89. The third-order valence-electron chi connectivity index (χ3n) is 11.0. The van der Waals surface area contributed by atoms with Crippen molar-refractivity contribution in [3.8, 4) is 0 Å². The summed E-state index contributed by atoms with van der Waals surface area (Å²) in [5.74, 6) is -2.09. The second-order valence-electron chi connectivity index (χ2n) is 14.4. The van der Waals surface area contributed by atoms with Gasteiger partial charge in [-0.2, -0.15) is 0 Å². The molecule has 6 rings (SSSR count). The molecule has 0 radical (unpaired) electrons. The number of amides is 2. The summed E-state index contributed by atoms with van der Waals surface area (Å²) in [5, 5.41) is 3.72. The van der Waals surface area contributed by atoms with Crippen molar-refractivity contribution in [2.24, 2.45) is 5.92 Å². The quantitative estimate of drug-likeness (QED) is 0.389. The lowest BCUT2D eigenvalue weighted by Gasteiger charge is -2.42. The monoisotopic (exact) mass is 657 g/mol. The van der Waals surface area contributed by atoms with Gasteiger partial charge in [-0.15, -0.1) is 0 Å². The van der Waals surface area contributed by atoms with E-state index in [0.717, 1.165) is 35.6 Å². The largest absolute Gasteiger partial charge is 0.381 e. The summed E-state index contributed by atoms with van der Waals surface area (Å²) in [6.45, 7) is 9.79. The lowest BCUT2D eigenvalue weighted by Crippen LogP contribution is -2.50. The first-order chi connectivity index (χ1) is 21.8. The number of carbonyl (C=O) groups is 2. The van der Waals surface area contributed by atoms with Gasteiger partial charge >= 0.3 is 0 Å². The molecule has 3 fully saturated rings. The van der Waals surface area contributed by atoms with Crippen LogP contribution in [0.25, 0.3) is 0 Å². The number of hydrogen-bond donors (Lipinski definition) is 1. The van der Waals surface area contributed by atoms with Gasteiger partial charge in [0, 0.05) is 62.3 Å². The van der Waals surface area contributed by atoms with Crippen LogP contribution in [0.3, 0.4) is 0 Å². The Morgan fingerprint density at radius 1 is 1.04 bits per heavy atom. The molecule has 4 aliphatic rings. The van der Waals surface area contributed by atoms with Gasteiger partial charge in [-0.1, -0.05) is 23.7 Å². The summed E-state index contributed by atoms with van der Waals surface area (Å²) in [5.41, 5.74) is 2.08. The van der Waals surface area contributed by atoms with Gasteiger partial charge in [0.05, 0.1) is 11.1 Å². The van der Waals surface area contributed by atoms with Gasteiger partial charge in [0.1, 0.15) is 17.7 Å². The van der Waals surface area contributed by atoms with Crippen molar-refractivity contribution in [2.45, 2.75) is 101 Å². The van der Waals surface area contributed by atoms with Crippen molar-refractivity contribution < 1.29 is 27.8 Å². The molecule has 3 heterocycles. The molecule has 1 N–H and O–H groups in total. The predicted octanol–water partition coefficient (Wildman–Crippen LogP) is 6.40. The van der Waals surface area contributed by atoms with Crippen molar-refractivity contribution in [1.29, 1.82) is 0 Å². The van der Waals surface area contributed by atoms with Crippen molar-refractivity contribution >= 4 is 23.4 Å². The second-order valence-corrected chi connectivity index (χ2v) is 14.8. The number of halogens is 3. The van der Waals surface area contributed by atoms with Gasteiger partial charge in [-0.3, -0.25) is 9.59 Å². The highest BCUT2D eigenvalue weighted by Crippen LogP contribution is 2.54. The zero-order valence-corrected chi connectivity index (χ0v) is 28.3. The van der Waals surface area contributed by atoms with Crippen LogP contribution in [-0.4, -0.2) is 72.6 Å². The molecule has 46 heavy (non-hydrogen) atoms. The summed E-state index contributed by atoms with van der Waals surface area (Å²) in [7, 11) is 2.11. The third-order valence-corrected chi connectivity index (χ3v) is 11.5. The minimum absolute atomic E-state index is 0.0155. The van der Waals surface area contributed by atoms with E-state index in [9.17, 15) is 14.0 Å². The Kier molecular flexibility index (Phi) is 9.26. The summed E-state index contributed by atoms with van der Waals surface area (Å²) >= 11 is 6.64. The summed E-state index contributed by atoms with van der Waals surface area (Å²) in [4.78, 5) is 30.8. The van der Waals surface area contributed by atoms with Gasteiger partial charge in [0.2, 0.25) is 11.8 Å². The van der Waals surface area contributed by atoms with Crippen molar-refractivity contribution in [3.05, 3.63) is 69.2 Å². The molecular formula is C36H46ClF2N3O4. The highest BCUT2D eigenvalue weighted by atomic mass is 35.5. The van der Waals surface area contributed by atoms with E-state index in [0.29, 0.717) is 68.6 Å². The molecule has 2 aromatic carbocycles. The molecule has 0 bridgehead atoms. The Labute approximate surface area is 275 Å². The average molecular weight is 658 g/mol. The SMILES string of the molecule is CC(=O)NC(C)(C)[C@H]1OC2(CCN(C(=O)[C@@H]3C[C@H](N(C)C4CCOCC4)C[C@H]3c3ccc(F)cc3F)CC2)c2cc(Cl)c(C)cc21. The standard InChI is InChI=1S/C36H46ClF2N3O4/c1-21-16-29-30(20-31(21)37)36(46-33(29)35(3,4)40-22(2)43)10-12-42(13-11-36)34(44)28-19-25(41(5)24-8-14-45-15-9-24)18-27(28)26-7-6-23(38)17-32(26)39/h6-7,16-17,20,24-25,27-28,33H,8-15,18-19H2,1-5H3,(H,40,43)/t25-,27+,28-,33+/m1/s1. The molecule has 250 valence electrons. The maximum absolute atomic E-state index is 15.2. The maximum atomic E-state index is 15.2. The topological polar surface area (TPSA) is 71.1 Å². The summed E-state index contributed by atoms with van der Waals surface area (Å²) < 4.78 is 41.6. The smallest absolute Gasteiger partial charge is 0.226 e. The van der Waals surface area contributed by atoms with E-state index in [1.807, 2.05) is 31.7 Å². The minimum atomic E-state index is -0.668. The van der Waals surface area contributed by atoms with Crippen LogP contribution >= 0.6 is 11.6 Å². The fraction of sp³-hybridized carbons (Fsp3) is 0.611. The molecule has 2 amide bonds. The number of aryl methyl sites for hydroxylation is 1. The van der Waals surface area contributed by atoms with Crippen LogP contribution in [-0.2, 0) is 24.7 Å². The molecule has 10 heteroatoms. The van der Waals surface area contributed by atoms with E-state index in [-0.39, 0.29) is 29.9 Å². The third kappa shape index (κ3) is 6.20. The number of nitrogens with one attached hydrogen (secondary N) is 1. The molecular weight excluding hydrogens is 612 g/mol. The van der Waals surface area contributed by atoms with Gasteiger partial charge in [-0.25, -0.2) is 8.78 Å². The highest BCUT2D eigenvalue weighted by Gasteiger charge is 2.53. The lowest BCUT2D eigenvalue weighted by atomic mass is 9.81. The number of nitrogens with zero attached hydrogens (tertiary/aromatic N) is 2. The Morgan fingerprint density at radius 3 is 2.39 bits per heavy atom. The van der Waals surface area contributed by atoms with E-state index < -0.39 is 28.7 Å². The molecule has 0 unspecified atom stereocenters. The predicted molar refractivity (Wildman–Crippen MR) is 173 cm³/mol. The van der Waals surface area contributed by atoms with E-state index in [2.05, 4.69) is 23.3 Å². The lowest BCUT2D eigenvalue weighted by molar-refractivity contribution is -0.154. The number of piperidine rings is 1. The molecule has 1 spiro atoms. The Bertz CT molecular complexity index is 1490. The first kappa shape index (κ1) is 33.3. The van der Waals surface area contributed by atoms with E-state index >= 15 is 4.39 Å². The number of benzene rings is 2. The van der Waals surface area contributed by atoms with Crippen molar-refractivity contribution in [3.63, 3.8) is 0 Å². The Balaban J connectivity index is 1.24. The number of hydrogen-bond acceptors (Lipinski definition) is 5. The van der Waals surface area contributed by atoms with Crippen LogP contribution in [0.15, 0.2) is 30.3 Å². The van der Waals surface area contributed by atoms with Crippen molar-refractivity contribution in [1.82, 2.24) is 15.1 Å². The number of carbonyl (C=O) groups excluding carboxylic acids is 2. The number of fused-ring (bicyclic) bond motifs is 2. The second kappa shape index (κ2) is 12.8. The van der Waals surface area contributed by atoms with Crippen LogP contribution in [0.4, 0.5) is 8.78 Å². The molecule has 7 nitrogen and oxygen atoms in total. The first-order valence-electron chi connectivity index (χ1n) is 16.6. The molecule has 1 aliphatic carbocycles. The van der Waals surface area contributed by atoms with Gasteiger partial charge in [0.25, 0.3) is 0 Å². The van der Waals surface area contributed by atoms with Crippen LogP contribution in [0.2, 0.25) is 5.02 Å². The molecule has 1 saturated carbocycles. The van der Waals surface area contributed by atoms with Crippen LogP contribution in [0.5, 0.6) is 0 Å². The van der Waals surface area contributed by atoms with E-state index in [4.69, 9.17) is 21.1 Å². The van der Waals surface area contributed by atoms with Gasteiger partial charge in [0.15, 0.2) is 0 Å². The molecule has 4 atom stereocenters. The first-order valence-corrected chi connectivity index (χ1v) is 17.0. The maximum Gasteiger partial charge on any atom is 0.226 e. The van der Waals surface area contributed by atoms with Crippen LogP contribution in [0, 0.1) is 24.5 Å². The highest BCUT2D eigenvalue weighted by molar-refractivity contribution is 6.31. The Morgan fingerprint density at radius 2 is 1.74 bits per heavy atom.